The molecule has 1 rings (SSSR count). The fraction of sp³-hybridized carbons (Fsp3) is 0.400. The van der Waals surface area contributed by atoms with E-state index in [4.69, 9.17) is 5.11 Å². The van der Waals surface area contributed by atoms with Gasteiger partial charge in [-0.2, -0.15) is 0 Å². The average molecular weight is 263 g/mol. The normalized spacial score (nSPS) is 10.2. The quantitative estimate of drug-likeness (QED) is 0.850. The van der Waals surface area contributed by atoms with Gasteiger partial charge in [0.05, 0.1) is 5.69 Å². The minimum Gasteiger partial charge on any atom is -0.477 e. The number of ketones is 1. The molecule has 0 spiro atoms. The SMILES string of the molecule is C=C(C)C(C)(C)c1cccc(C(=O)O)n1.CC(C)=O. The van der Waals surface area contributed by atoms with Crippen LogP contribution in [0.4, 0.5) is 0 Å². The molecule has 1 N–H and O–H groups in total. The van der Waals surface area contributed by atoms with Gasteiger partial charge < -0.3 is 9.90 Å². The van der Waals surface area contributed by atoms with Crippen LogP contribution in [0.2, 0.25) is 0 Å². The molecule has 0 saturated carbocycles. The molecule has 1 aromatic heterocycles. The molecule has 0 aliphatic rings. The van der Waals surface area contributed by atoms with Crippen molar-refractivity contribution in [1.29, 1.82) is 0 Å². The number of hydrogen-bond acceptors (Lipinski definition) is 3. The fourth-order valence-electron chi connectivity index (χ4n) is 1.12. The Morgan fingerprint density at radius 3 is 2.05 bits per heavy atom. The van der Waals surface area contributed by atoms with Crippen LogP contribution >= 0.6 is 0 Å². The molecular formula is C15H21NO3. The average Bonchev–Trinajstić information content (AvgIpc) is 2.28. The van der Waals surface area contributed by atoms with Crippen molar-refractivity contribution >= 4 is 11.8 Å². The van der Waals surface area contributed by atoms with E-state index in [-0.39, 0.29) is 16.9 Å². The van der Waals surface area contributed by atoms with Crippen LogP contribution in [-0.2, 0) is 10.2 Å². The first-order valence-electron chi connectivity index (χ1n) is 5.93. The van der Waals surface area contributed by atoms with Crippen LogP contribution in [0.3, 0.4) is 0 Å². The van der Waals surface area contributed by atoms with Gasteiger partial charge in [0, 0.05) is 5.41 Å². The Morgan fingerprint density at radius 2 is 1.68 bits per heavy atom. The molecule has 4 nitrogen and oxygen atoms in total. The van der Waals surface area contributed by atoms with Gasteiger partial charge in [0.15, 0.2) is 0 Å². The highest BCUT2D eigenvalue weighted by atomic mass is 16.4. The molecule has 4 heteroatoms. The van der Waals surface area contributed by atoms with Gasteiger partial charge in [-0.1, -0.05) is 32.1 Å². The van der Waals surface area contributed by atoms with E-state index in [0.717, 1.165) is 11.3 Å². The number of carbonyl (C=O) groups is 2. The number of rotatable bonds is 3. The lowest BCUT2D eigenvalue weighted by atomic mass is 9.82. The first-order chi connectivity index (χ1) is 8.59. The number of carboxylic acid groups (broad SMARTS) is 1. The van der Waals surface area contributed by atoms with E-state index in [9.17, 15) is 9.59 Å². The second-order valence-electron chi connectivity index (χ2n) is 5.03. The summed E-state index contributed by atoms with van der Waals surface area (Å²) >= 11 is 0. The zero-order valence-electron chi connectivity index (χ0n) is 12.2. The summed E-state index contributed by atoms with van der Waals surface area (Å²) in [6.07, 6.45) is 0. The van der Waals surface area contributed by atoms with E-state index in [1.165, 1.54) is 19.9 Å². The van der Waals surface area contributed by atoms with Crippen LogP contribution in [0.1, 0.15) is 50.8 Å². The number of allylic oxidation sites excluding steroid dienone is 1. The Balaban J connectivity index is 0.000000711. The number of aromatic nitrogens is 1. The maximum atomic E-state index is 10.8. The monoisotopic (exact) mass is 263 g/mol. The summed E-state index contributed by atoms with van der Waals surface area (Å²) in [5.74, 6) is -0.839. The fourth-order valence-corrected chi connectivity index (χ4v) is 1.12. The zero-order chi connectivity index (χ0) is 15.2. The van der Waals surface area contributed by atoms with Crippen LogP contribution in [0.15, 0.2) is 30.4 Å². The molecule has 1 aromatic rings. The summed E-state index contributed by atoms with van der Waals surface area (Å²) in [6.45, 7) is 12.8. The molecule has 0 aromatic carbocycles. The largest absolute Gasteiger partial charge is 0.477 e. The Hall–Kier alpha value is -1.97. The van der Waals surface area contributed by atoms with Crippen LogP contribution in [0, 0.1) is 0 Å². The van der Waals surface area contributed by atoms with E-state index in [2.05, 4.69) is 11.6 Å². The molecule has 0 atom stereocenters. The van der Waals surface area contributed by atoms with Gasteiger partial charge in [0.2, 0.25) is 0 Å². The minimum atomic E-state index is -1.01. The van der Waals surface area contributed by atoms with Crippen molar-refractivity contribution in [3.05, 3.63) is 41.7 Å². The third kappa shape index (κ3) is 5.46. The molecule has 0 fully saturated rings. The van der Waals surface area contributed by atoms with Gasteiger partial charge in [-0.3, -0.25) is 0 Å². The zero-order valence-corrected chi connectivity index (χ0v) is 12.2. The highest BCUT2D eigenvalue weighted by Crippen LogP contribution is 2.28. The second-order valence-corrected chi connectivity index (χ2v) is 5.03. The van der Waals surface area contributed by atoms with Gasteiger partial charge in [-0.05, 0) is 32.9 Å². The molecule has 0 aliphatic carbocycles. The number of hydrogen-bond donors (Lipinski definition) is 1. The van der Waals surface area contributed by atoms with Crippen LogP contribution in [0.25, 0.3) is 0 Å². The highest BCUT2D eigenvalue weighted by Gasteiger charge is 2.23. The van der Waals surface area contributed by atoms with E-state index in [1.807, 2.05) is 26.8 Å². The first-order valence-corrected chi connectivity index (χ1v) is 5.93. The van der Waals surface area contributed by atoms with Gasteiger partial charge >= 0.3 is 5.97 Å². The number of carboxylic acids is 1. The molecule has 0 amide bonds. The van der Waals surface area contributed by atoms with Crippen LogP contribution in [-0.4, -0.2) is 21.8 Å². The molecular weight excluding hydrogens is 242 g/mol. The van der Waals surface area contributed by atoms with E-state index in [0.29, 0.717) is 0 Å². The second kappa shape index (κ2) is 6.83. The molecule has 0 unspecified atom stereocenters. The molecule has 19 heavy (non-hydrogen) atoms. The predicted octanol–water partition coefficient (Wildman–Crippen LogP) is 3.23. The van der Waals surface area contributed by atoms with Crippen molar-refractivity contribution in [2.45, 2.75) is 40.0 Å². The number of nitrogens with zero attached hydrogens (tertiary/aromatic N) is 1. The summed E-state index contributed by atoms with van der Waals surface area (Å²) in [5.41, 5.74) is 1.46. The third-order valence-electron chi connectivity index (χ3n) is 2.68. The van der Waals surface area contributed by atoms with Crippen molar-refractivity contribution in [1.82, 2.24) is 4.98 Å². The lowest BCUT2D eigenvalue weighted by molar-refractivity contribution is -0.115. The minimum absolute atomic E-state index is 0.0711. The van der Waals surface area contributed by atoms with Crippen molar-refractivity contribution < 1.29 is 14.7 Å². The third-order valence-corrected chi connectivity index (χ3v) is 2.68. The van der Waals surface area contributed by atoms with E-state index in [1.54, 1.807) is 6.07 Å². The number of carbonyl (C=O) groups excluding carboxylic acids is 1. The van der Waals surface area contributed by atoms with Gasteiger partial charge in [-0.15, -0.1) is 0 Å². The van der Waals surface area contributed by atoms with Crippen molar-refractivity contribution in [2.75, 3.05) is 0 Å². The van der Waals surface area contributed by atoms with Crippen molar-refractivity contribution in [3.63, 3.8) is 0 Å². The standard InChI is InChI=1S/C12H15NO2.C3H6O/c1-8(2)12(3,4)10-7-5-6-9(13-10)11(14)15;1-3(2)4/h5-7H,1H2,2-4H3,(H,14,15);1-2H3. The maximum absolute atomic E-state index is 10.8. The highest BCUT2D eigenvalue weighted by molar-refractivity contribution is 5.85. The van der Waals surface area contributed by atoms with Crippen molar-refractivity contribution in [2.24, 2.45) is 0 Å². The Labute approximate surface area is 114 Å². The summed E-state index contributed by atoms with van der Waals surface area (Å²) < 4.78 is 0. The lowest BCUT2D eigenvalue weighted by Gasteiger charge is -2.24. The van der Waals surface area contributed by atoms with Crippen LogP contribution in [0.5, 0.6) is 0 Å². The summed E-state index contributed by atoms with van der Waals surface area (Å²) in [4.78, 5) is 24.3. The molecule has 104 valence electrons. The summed E-state index contributed by atoms with van der Waals surface area (Å²) in [6, 6.07) is 5.01. The Bertz CT molecular complexity index is 486. The smallest absolute Gasteiger partial charge is 0.354 e. The number of pyridine rings is 1. The number of aromatic carboxylic acids is 1. The van der Waals surface area contributed by atoms with Gasteiger partial charge in [0.25, 0.3) is 0 Å². The van der Waals surface area contributed by atoms with E-state index < -0.39 is 5.97 Å². The molecule has 0 bridgehead atoms. The topological polar surface area (TPSA) is 67.3 Å². The van der Waals surface area contributed by atoms with Gasteiger partial charge in [0.1, 0.15) is 11.5 Å². The Kier molecular flexibility index (Phi) is 6.12. The predicted molar refractivity (Wildman–Crippen MR) is 75.4 cm³/mol. The summed E-state index contributed by atoms with van der Waals surface area (Å²) in [5, 5.41) is 8.83. The molecule has 0 aliphatic heterocycles. The summed E-state index contributed by atoms with van der Waals surface area (Å²) in [7, 11) is 0. The molecule has 1 heterocycles. The lowest BCUT2D eigenvalue weighted by Crippen LogP contribution is -2.21. The Morgan fingerprint density at radius 1 is 1.21 bits per heavy atom. The van der Waals surface area contributed by atoms with Crippen molar-refractivity contribution in [3.8, 4) is 0 Å². The van der Waals surface area contributed by atoms with Crippen LogP contribution < -0.4 is 0 Å². The number of Topliss-reactive ketones (excluding diaryl/α,β-unsaturated/α-hetero) is 1. The molecule has 0 saturated heterocycles. The van der Waals surface area contributed by atoms with E-state index >= 15 is 0 Å². The van der Waals surface area contributed by atoms with Gasteiger partial charge in [-0.25, -0.2) is 9.78 Å². The molecule has 0 radical (unpaired) electrons. The maximum Gasteiger partial charge on any atom is 0.354 e. The first kappa shape index (κ1) is 17.0.